The minimum atomic E-state index is -0.201. The molecule has 4 nitrogen and oxygen atoms in total. The van der Waals surface area contributed by atoms with Gasteiger partial charge < -0.3 is 15.1 Å². The lowest BCUT2D eigenvalue weighted by molar-refractivity contribution is 0.158. The van der Waals surface area contributed by atoms with E-state index < -0.39 is 0 Å². The third kappa shape index (κ3) is 4.44. The first-order chi connectivity index (χ1) is 10.5. The lowest BCUT2D eigenvalue weighted by Crippen LogP contribution is -2.47. The van der Waals surface area contributed by atoms with Crippen LogP contribution in [0.25, 0.3) is 0 Å². The third-order valence-corrected chi connectivity index (χ3v) is 4.10. The van der Waals surface area contributed by atoms with Crippen molar-refractivity contribution in [1.29, 1.82) is 0 Å². The summed E-state index contributed by atoms with van der Waals surface area (Å²) in [6, 6.07) is 5.31. The van der Waals surface area contributed by atoms with Crippen molar-refractivity contribution >= 4 is 6.03 Å². The summed E-state index contributed by atoms with van der Waals surface area (Å²) in [7, 11) is 3.82. The molecule has 1 unspecified atom stereocenters. The van der Waals surface area contributed by atoms with E-state index in [2.05, 4.69) is 12.2 Å². The van der Waals surface area contributed by atoms with Crippen LogP contribution < -0.4 is 5.32 Å². The van der Waals surface area contributed by atoms with Gasteiger partial charge in [-0.25, -0.2) is 9.18 Å². The molecule has 1 atom stereocenters. The van der Waals surface area contributed by atoms with Crippen molar-refractivity contribution in [2.45, 2.75) is 45.3 Å². The lowest BCUT2D eigenvalue weighted by Gasteiger charge is -2.33. The van der Waals surface area contributed by atoms with Gasteiger partial charge in [0.1, 0.15) is 5.82 Å². The second-order valence-corrected chi connectivity index (χ2v) is 6.36. The van der Waals surface area contributed by atoms with Crippen molar-refractivity contribution in [1.82, 2.24) is 15.1 Å². The van der Waals surface area contributed by atoms with Gasteiger partial charge in [-0.2, -0.15) is 0 Å². The van der Waals surface area contributed by atoms with Crippen molar-refractivity contribution in [2.75, 3.05) is 20.6 Å². The van der Waals surface area contributed by atoms with E-state index in [1.165, 1.54) is 12.5 Å². The summed E-state index contributed by atoms with van der Waals surface area (Å²) < 4.78 is 13.7. The summed E-state index contributed by atoms with van der Waals surface area (Å²) in [6.07, 6.45) is 3.33. The second kappa shape index (κ2) is 7.58. The van der Waals surface area contributed by atoms with E-state index in [1.54, 1.807) is 6.07 Å². The van der Waals surface area contributed by atoms with E-state index in [0.717, 1.165) is 24.9 Å². The summed E-state index contributed by atoms with van der Waals surface area (Å²) in [6.45, 7) is 3.90. The van der Waals surface area contributed by atoms with Crippen LogP contribution in [-0.2, 0) is 13.1 Å². The maximum Gasteiger partial charge on any atom is 0.317 e. The van der Waals surface area contributed by atoms with E-state index in [4.69, 9.17) is 0 Å². The Morgan fingerprint density at radius 1 is 1.41 bits per heavy atom. The molecule has 1 aromatic carbocycles. The number of nitrogens with zero attached hydrogens (tertiary/aromatic N) is 2. The Kier molecular flexibility index (Phi) is 5.77. The molecule has 0 saturated carbocycles. The number of hydrogen-bond donors (Lipinski definition) is 1. The smallest absolute Gasteiger partial charge is 0.317 e. The molecule has 0 spiro atoms. The quantitative estimate of drug-likeness (QED) is 0.928. The number of halogens is 1. The molecule has 1 saturated heterocycles. The Morgan fingerprint density at radius 3 is 2.86 bits per heavy atom. The summed E-state index contributed by atoms with van der Waals surface area (Å²) in [5.74, 6) is -0.201. The second-order valence-electron chi connectivity index (χ2n) is 6.36. The zero-order valence-corrected chi connectivity index (χ0v) is 13.7. The van der Waals surface area contributed by atoms with Crippen LogP contribution in [0.5, 0.6) is 0 Å². The van der Waals surface area contributed by atoms with Gasteiger partial charge in [-0.15, -0.1) is 0 Å². The lowest BCUT2D eigenvalue weighted by atomic mass is 10.0. The molecule has 22 heavy (non-hydrogen) atoms. The Bertz CT molecular complexity index is 519. The Morgan fingerprint density at radius 2 is 2.18 bits per heavy atom. The van der Waals surface area contributed by atoms with Crippen molar-refractivity contribution in [3.63, 3.8) is 0 Å². The van der Waals surface area contributed by atoms with Gasteiger partial charge in [-0.1, -0.05) is 6.07 Å². The fourth-order valence-electron chi connectivity index (χ4n) is 2.88. The first-order valence-corrected chi connectivity index (χ1v) is 7.94. The fourth-order valence-corrected chi connectivity index (χ4v) is 2.88. The average Bonchev–Trinajstić information content (AvgIpc) is 2.47. The molecule has 1 heterocycles. The molecule has 5 heteroatoms. The molecule has 2 amide bonds. The zero-order chi connectivity index (χ0) is 16.1. The largest absolute Gasteiger partial charge is 0.334 e. The zero-order valence-electron chi connectivity index (χ0n) is 13.7. The monoisotopic (exact) mass is 307 g/mol. The van der Waals surface area contributed by atoms with Gasteiger partial charge in [-0.05, 0) is 58.0 Å². The number of carbonyl (C=O) groups excluding carboxylic acids is 1. The van der Waals surface area contributed by atoms with Crippen molar-refractivity contribution in [2.24, 2.45) is 0 Å². The predicted octanol–water partition coefficient (Wildman–Crippen LogP) is 2.97. The number of likely N-dealkylation sites (tertiary alicyclic amines) is 1. The number of amides is 2. The fraction of sp³-hybridized carbons (Fsp3) is 0.588. The maximum atomic E-state index is 13.7. The van der Waals surface area contributed by atoms with Crippen LogP contribution in [0.3, 0.4) is 0 Å². The molecular weight excluding hydrogens is 281 g/mol. The summed E-state index contributed by atoms with van der Waals surface area (Å²) >= 11 is 0. The average molecular weight is 307 g/mol. The van der Waals surface area contributed by atoms with Crippen molar-refractivity contribution in [3.8, 4) is 0 Å². The molecule has 1 aliphatic rings. The number of benzene rings is 1. The standard InChI is InChI=1S/C17H26FN3O/c1-13-6-4-5-9-21(13)17(22)19-11-14-7-8-16(18)15(10-14)12-20(2)3/h7-8,10,13H,4-6,9,11-12H2,1-3H3,(H,19,22). The maximum absolute atomic E-state index is 13.7. The van der Waals surface area contributed by atoms with E-state index in [9.17, 15) is 9.18 Å². The van der Waals surface area contributed by atoms with E-state index in [0.29, 0.717) is 24.7 Å². The van der Waals surface area contributed by atoms with Crippen LogP contribution in [0.15, 0.2) is 18.2 Å². The highest BCUT2D eigenvalue weighted by Gasteiger charge is 2.22. The third-order valence-electron chi connectivity index (χ3n) is 4.10. The van der Waals surface area contributed by atoms with Gasteiger partial charge in [0.25, 0.3) is 0 Å². The van der Waals surface area contributed by atoms with E-state index in [1.807, 2.05) is 30.0 Å². The number of rotatable bonds is 4. The summed E-state index contributed by atoms with van der Waals surface area (Å²) in [4.78, 5) is 16.1. The van der Waals surface area contributed by atoms with Crippen LogP contribution in [0.2, 0.25) is 0 Å². The summed E-state index contributed by atoms with van der Waals surface area (Å²) in [5.41, 5.74) is 1.58. The Hall–Kier alpha value is -1.62. The van der Waals surface area contributed by atoms with Gasteiger partial charge >= 0.3 is 6.03 Å². The molecule has 0 aromatic heterocycles. The van der Waals surface area contributed by atoms with E-state index in [-0.39, 0.29) is 11.8 Å². The molecule has 1 aliphatic heterocycles. The highest BCUT2D eigenvalue weighted by molar-refractivity contribution is 5.74. The van der Waals surface area contributed by atoms with Crippen LogP contribution >= 0.6 is 0 Å². The molecule has 0 aliphatic carbocycles. The highest BCUT2D eigenvalue weighted by atomic mass is 19.1. The minimum absolute atomic E-state index is 0.0225. The number of urea groups is 1. The number of carbonyl (C=O) groups is 1. The van der Waals surface area contributed by atoms with Gasteiger partial charge in [0.2, 0.25) is 0 Å². The molecule has 122 valence electrons. The van der Waals surface area contributed by atoms with Crippen LogP contribution in [0.4, 0.5) is 9.18 Å². The Balaban J connectivity index is 1.94. The molecular formula is C17H26FN3O. The van der Waals surface area contributed by atoms with Crippen molar-refractivity contribution < 1.29 is 9.18 Å². The predicted molar refractivity (Wildman–Crippen MR) is 86.0 cm³/mol. The number of nitrogens with one attached hydrogen (secondary N) is 1. The molecule has 1 aromatic rings. The van der Waals surface area contributed by atoms with Gasteiger partial charge in [0.05, 0.1) is 0 Å². The summed E-state index contributed by atoms with van der Waals surface area (Å²) in [5, 5.41) is 2.95. The molecule has 1 fully saturated rings. The van der Waals surface area contributed by atoms with Gasteiger partial charge in [0, 0.05) is 31.2 Å². The molecule has 0 bridgehead atoms. The van der Waals surface area contributed by atoms with Gasteiger partial charge in [-0.3, -0.25) is 0 Å². The van der Waals surface area contributed by atoms with Crippen LogP contribution in [0.1, 0.15) is 37.3 Å². The van der Waals surface area contributed by atoms with Crippen LogP contribution in [-0.4, -0.2) is 42.5 Å². The normalized spacial score (nSPS) is 18.6. The van der Waals surface area contributed by atoms with Gasteiger partial charge in [0.15, 0.2) is 0 Å². The number of piperidine rings is 1. The first-order valence-electron chi connectivity index (χ1n) is 7.94. The van der Waals surface area contributed by atoms with Crippen LogP contribution in [0, 0.1) is 5.82 Å². The molecule has 1 N–H and O–H groups in total. The molecule has 0 radical (unpaired) electrons. The van der Waals surface area contributed by atoms with E-state index >= 15 is 0 Å². The topological polar surface area (TPSA) is 35.6 Å². The minimum Gasteiger partial charge on any atom is -0.334 e. The first kappa shape index (κ1) is 16.7. The van der Waals surface area contributed by atoms with Crippen molar-refractivity contribution in [3.05, 3.63) is 35.1 Å². The SMILES string of the molecule is CC1CCCCN1C(=O)NCc1ccc(F)c(CN(C)C)c1. The Labute approximate surface area is 132 Å². The highest BCUT2D eigenvalue weighted by Crippen LogP contribution is 2.17. The number of hydrogen-bond acceptors (Lipinski definition) is 2. The molecule has 2 rings (SSSR count).